The zero-order valence-electron chi connectivity index (χ0n) is 16.1. The second-order valence-electron chi connectivity index (χ2n) is 8.47. The van der Waals surface area contributed by atoms with Gasteiger partial charge in [-0.25, -0.2) is 4.79 Å². The Morgan fingerprint density at radius 2 is 1.89 bits per heavy atom. The molecular weight excluding hydrogens is 457 g/mol. The third-order valence-corrected chi connectivity index (χ3v) is 5.73. The molecule has 0 bridgehead atoms. The van der Waals surface area contributed by atoms with Gasteiger partial charge in [0.05, 0.1) is 21.2 Å². The minimum atomic E-state index is -0.453. The Morgan fingerprint density at radius 1 is 1.19 bits per heavy atom. The summed E-state index contributed by atoms with van der Waals surface area (Å²) in [5.74, 6) is 0.940. The van der Waals surface area contributed by atoms with E-state index in [0.717, 1.165) is 45.9 Å². The first-order chi connectivity index (χ1) is 12.8. The first kappa shape index (κ1) is 18.8. The van der Waals surface area contributed by atoms with Gasteiger partial charge in [0.2, 0.25) is 0 Å². The van der Waals surface area contributed by atoms with E-state index in [-0.39, 0.29) is 6.09 Å². The summed E-state index contributed by atoms with van der Waals surface area (Å²) in [7, 11) is 0. The summed E-state index contributed by atoms with van der Waals surface area (Å²) in [6, 6.07) is 4.51. The van der Waals surface area contributed by atoms with Crippen LogP contribution in [0.1, 0.15) is 52.5 Å². The van der Waals surface area contributed by atoms with Crippen LogP contribution in [-0.4, -0.2) is 45.6 Å². The lowest BCUT2D eigenvalue weighted by Crippen LogP contribution is -2.42. The van der Waals surface area contributed by atoms with E-state index in [4.69, 9.17) is 14.6 Å². The molecule has 2 aromatic rings. The zero-order chi connectivity index (χ0) is 19.2. The summed E-state index contributed by atoms with van der Waals surface area (Å²) < 4.78 is 14.7. The first-order valence-corrected chi connectivity index (χ1v) is 10.7. The fourth-order valence-corrected chi connectivity index (χ4v) is 3.94. The molecule has 1 aliphatic heterocycles. The van der Waals surface area contributed by atoms with Crippen LogP contribution in [0.25, 0.3) is 10.9 Å². The van der Waals surface area contributed by atoms with Gasteiger partial charge in [-0.2, -0.15) is 5.10 Å². The van der Waals surface area contributed by atoms with Gasteiger partial charge < -0.3 is 14.4 Å². The number of nitrogens with zero attached hydrogens (tertiary/aromatic N) is 3. The molecule has 1 aliphatic carbocycles. The number of ether oxygens (including phenoxy) is 2. The fraction of sp³-hybridized carbons (Fsp3) is 0.600. The Morgan fingerprint density at radius 3 is 2.52 bits per heavy atom. The predicted molar refractivity (Wildman–Crippen MR) is 112 cm³/mol. The molecule has 2 heterocycles. The van der Waals surface area contributed by atoms with Crippen LogP contribution in [0.15, 0.2) is 18.3 Å². The lowest BCUT2D eigenvalue weighted by molar-refractivity contribution is 0.0185. The first-order valence-electron chi connectivity index (χ1n) is 9.61. The molecule has 0 N–H and O–H groups in total. The minimum Gasteiger partial charge on any atom is -0.489 e. The number of fused-ring (bicyclic) bond motifs is 1. The molecule has 0 spiro atoms. The summed E-state index contributed by atoms with van der Waals surface area (Å²) in [5, 5.41) is 5.93. The third kappa shape index (κ3) is 4.50. The quantitative estimate of drug-likeness (QED) is 0.592. The van der Waals surface area contributed by atoms with Crippen molar-refractivity contribution in [3.63, 3.8) is 0 Å². The van der Waals surface area contributed by atoms with Crippen molar-refractivity contribution >= 4 is 39.6 Å². The molecule has 27 heavy (non-hydrogen) atoms. The van der Waals surface area contributed by atoms with Crippen LogP contribution >= 0.6 is 22.6 Å². The molecule has 2 fully saturated rings. The van der Waals surface area contributed by atoms with Crippen LogP contribution in [0.3, 0.4) is 0 Å². The molecular formula is C20H26IN3O3. The SMILES string of the molecule is CC(C)(C)OC(=O)N1CCC(n2cc3cc(I)c(OC4CC4)cc3n2)CC1. The highest BCUT2D eigenvalue weighted by Gasteiger charge is 2.28. The van der Waals surface area contributed by atoms with Gasteiger partial charge in [0, 0.05) is 30.7 Å². The molecule has 1 aromatic carbocycles. The van der Waals surface area contributed by atoms with E-state index in [0.29, 0.717) is 25.2 Å². The molecule has 1 saturated heterocycles. The van der Waals surface area contributed by atoms with Crippen LogP contribution in [0.4, 0.5) is 4.79 Å². The van der Waals surface area contributed by atoms with E-state index in [9.17, 15) is 4.79 Å². The number of piperidine rings is 1. The lowest BCUT2D eigenvalue weighted by Gasteiger charge is -2.33. The Bertz CT molecular complexity index is 846. The Kier molecular flexibility index (Phi) is 4.98. The zero-order valence-corrected chi connectivity index (χ0v) is 18.2. The van der Waals surface area contributed by atoms with Gasteiger partial charge >= 0.3 is 6.09 Å². The van der Waals surface area contributed by atoms with Crippen LogP contribution in [-0.2, 0) is 4.74 Å². The van der Waals surface area contributed by atoms with Gasteiger partial charge in [0.25, 0.3) is 0 Å². The van der Waals surface area contributed by atoms with Crippen molar-refractivity contribution in [1.82, 2.24) is 14.7 Å². The number of hydrogen-bond donors (Lipinski definition) is 0. The molecule has 7 heteroatoms. The van der Waals surface area contributed by atoms with Gasteiger partial charge in [0.1, 0.15) is 11.4 Å². The molecule has 1 amide bonds. The highest BCUT2D eigenvalue weighted by atomic mass is 127. The van der Waals surface area contributed by atoms with Gasteiger partial charge in [0.15, 0.2) is 0 Å². The molecule has 4 rings (SSSR count). The molecule has 2 aliphatic rings. The van der Waals surface area contributed by atoms with E-state index in [1.807, 2.05) is 20.8 Å². The number of halogens is 1. The second-order valence-corrected chi connectivity index (χ2v) is 9.63. The van der Waals surface area contributed by atoms with Crippen molar-refractivity contribution in [3.8, 4) is 5.75 Å². The van der Waals surface area contributed by atoms with Gasteiger partial charge in [-0.05, 0) is 75.1 Å². The largest absolute Gasteiger partial charge is 0.489 e. The molecule has 0 atom stereocenters. The van der Waals surface area contributed by atoms with Crippen LogP contribution in [0.5, 0.6) is 5.75 Å². The summed E-state index contributed by atoms with van der Waals surface area (Å²) in [6.45, 7) is 7.09. The normalized spacial score (nSPS) is 18.7. The summed E-state index contributed by atoms with van der Waals surface area (Å²) in [4.78, 5) is 14.0. The maximum atomic E-state index is 12.2. The van der Waals surface area contributed by atoms with E-state index >= 15 is 0 Å². The van der Waals surface area contributed by atoms with E-state index in [1.165, 1.54) is 0 Å². The number of likely N-dealkylation sites (tertiary alicyclic amines) is 1. The van der Waals surface area contributed by atoms with Crippen molar-refractivity contribution in [3.05, 3.63) is 21.9 Å². The topological polar surface area (TPSA) is 56.6 Å². The number of hydrogen-bond acceptors (Lipinski definition) is 4. The minimum absolute atomic E-state index is 0.219. The lowest BCUT2D eigenvalue weighted by atomic mass is 10.1. The summed E-state index contributed by atoms with van der Waals surface area (Å²) >= 11 is 2.33. The molecule has 146 valence electrons. The molecule has 0 radical (unpaired) electrons. The molecule has 0 unspecified atom stereocenters. The van der Waals surface area contributed by atoms with E-state index < -0.39 is 5.60 Å². The predicted octanol–water partition coefficient (Wildman–Crippen LogP) is 4.75. The van der Waals surface area contributed by atoms with Crippen LogP contribution < -0.4 is 4.74 Å². The van der Waals surface area contributed by atoms with Crippen molar-refractivity contribution in [2.45, 2.75) is 64.2 Å². The summed E-state index contributed by atoms with van der Waals surface area (Å²) in [5.41, 5.74) is 0.519. The monoisotopic (exact) mass is 483 g/mol. The Labute approximate surface area is 173 Å². The average molecular weight is 483 g/mol. The van der Waals surface area contributed by atoms with Crippen molar-refractivity contribution in [2.24, 2.45) is 0 Å². The Hall–Kier alpha value is -1.51. The van der Waals surface area contributed by atoms with E-state index in [2.05, 4.69) is 45.6 Å². The van der Waals surface area contributed by atoms with Crippen molar-refractivity contribution in [2.75, 3.05) is 13.1 Å². The van der Waals surface area contributed by atoms with Crippen LogP contribution in [0, 0.1) is 3.57 Å². The smallest absolute Gasteiger partial charge is 0.410 e. The van der Waals surface area contributed by atoms with Crippen molar-refractivity contribution in [1.29, 1.82) is 0 Å². The fourth-order valence-electron chi connectivity index (χ4n) is 3.33. The number of aromatic nitrogens is 2. The third-order valence-electron chi connectivity index (χ3n) is 4.88. The number of amides is 1. The van der Waals surface area contributed by atoms with Crippen molar-refractivity contribution < 1.29 is 14.3 Å². The van der Waals surface area contributed by atoms with Gasteiger partial charge in [-0.15, -0.1) is 0 Å². The maximum absolute atomic E-state index is 12.2. The summed E-state index contributed by atoms with van der Waals surface area (Å²) in [6.07, 6.45) is 6.35. The number of carbonyl (C=O) groups is 1. The van der Waals surface area contributed by atoms with E-state index in [1.54, 1.807) is 4.90 Å². The van der Waals surface area contributed by atoms with Gasteiger partial charge in [-0.3, -0.25) is 4.68 Å². The van der Waals surface area contributed by atoms with Crippen LogP contribution in [0.2, 0.25) is 0 Å². The standard InChI is InChI=1S/C20H26IN3O3/c1-20(2,3)27-19(25)23-8-6-14(7-9-23)24-12-13-10-16(21)18(11-17(13)22-24)26-15-4-5-15/h10-12,14-15H,4-9H2,1-3H3. The number of benzene rings is 1. The average Bonchev–Trinajstić information content (AvgIpc) is 3.32. The number of rotatable bonds is 3. The highest BCUT2D eigenvalue weighted by molar-refractivity contribution is 14.1. The Balaban J connectivity index is 1.43. The molecule has 1 aromatic heterocycles. The molecule has 1 saturated carbocycles. The second kappa shape index (κ2) is 7.14. The van der Waals surface area contributed by atoms with Gasteiger partial charge in [-0.1, -0.05) is 0 Å². The molecule has 6 nitrogen and oxygen atoms in total. The highest BCUT2D eigenvalue weighted by Crippen LogP contribution is 2.33. The number of carbonyl (C=O) groups excluding carboxylic acids is 1. The maximum Gasteiger partial charge on any atom is 0.410 e.